The molecule has 30 heteroatoms. The molecular weight excluding hydrogens is 1180 g/mol. The van der Waals surface area contributed by atoms with E-state index in [0.29, 0.717) is 4.43 Å². The largest absolute Gasteiger partial charge is 0.463 e. The monoisotopic (exact) mass is 1260 g/mol. The first kappa shape index (κ1) is 68.2. The van der Waals surface area contributed by atoms with Crippen molar-refractivity contribution in [2.45, 2.75) is 168 Å². The number of aliphatic hydroxyl groups is 1. The number of hydrogen-bond acceptors (Lipinski definition) is 23. The number of nitrogens with one attached hydrogen (secondary N) is 2. The molecule has 2 aliphatic rings. The van der Waals surface area contributed by atoms with Crippen LogP contribution in [0.25, 0.3) is 0 Å². The maximum atomic E-state index is 12.7. The zero-order valence-electron chi connectivity index (χ0n) is 46.9. The van der Waals surface area contributed by atoms with E-state index in [1.54, 1.807) is 0 Å². The van der Waals surface area contributed by atoms with E-state index in [1.165, 1.54) is 50.7 Å². The van der Waals surface area contributed by atoms with Gasteiger partial charge in [0.1, 0.15) is 56.9 Å². The Hall–Kier alpha value is -4.04. The second-order valence-corrected chi connectivity index (χ2v) is 31.2. The molecule has 27 nitrogen and oxygen atoms in total. The lowest BCUT2D eigenvalue weighted by Gasteiger charge is -2.40. The number of carbonyl (C=O) groups excluding carboxylic acids is 4. The molecule has 0 saturated carbocycles. The molecule has 2 saturated heterocycles. The number of ether oxygens (including phenoxy) is 12. The van der Waals surface area contributed by atoms with Gasteiger partial charge in [-0.1, -0.05) is 64.1 Å². The summed E-state index contributed by atoms with van der Waals surface area (Å²) < 4.78 is 83.3. The molecule has 0 aromatic carbocycles. The number of halogens is 1. The Balaban J connectivity index is 0.000000410. The first-order valence-corrected chi connectivity index (χ1v) is 32.4. The van der Waals surface area contributed by atoms with E-state index in [2.05, 4.69) is 66.4 Å². The predicted molar refractivity (Wildman–Crippen MR) is 288 cm³/mol. The molecule has 0 radical (unpaired) electrons. The average Bonchev–Trinajstić information content (AvgIpc) is 3.83. The fourth-order valence-electron chi connectivity index (χ4n) is 6.83. The van der Waals surface area contributed by atoms with Crippen LogP contribution in [0.1, 0.15) is 81.7 Å². The van der Waals surface area contributed by atoms with E-state index in [1.807, 2.05) is 33.9 Å². The van der Waals surface area contributed by atoms with E-state index in [-0.39, 0.29) is 62.9 Å². The van der Waals surface area contributed by atoms with Gasteiger partial charge in [-0.05, 0) is 36.3 Å². The number of alkyl halides is 1. The first-order valence-electron chi connectivity index (χ1n) is 25.1. The van der Waals surface area contributed by atoms with Crippen LogP contribution in [0.5, 0.6) is 0 Å². The Bertz CT molecular complexity index is 2260. The third-order valence-corrected chi connectivity index (χ3v) is 22.6. The summed E-state index contributed by atoms with van der Waals surface area (Å²) in [4.78, 5) is 97.8. The highest BCUT2D eigenvalue weighted by atomic mass is 127. The molecule has 0 spiro atoms. The van der Waals surface area contributed by atoms with E-state index in [0.717, 1.165) is 10.6 Å². The molecule has 2 aromatic heterocycles. The van der Waals surface area contributed by atoms with Crippen LogP contribution in [0, 0.1) is 0 Å². The maximum absolute atomic E-state index is 12.7. The summed E-state index contributed by atoms with van der Waals surface area (Å²) >= 11 is 2.18. The summed E-state index contributed by atoms with van der Waals surface area (Å²) in [6.07, 6.45) is -4.35. The third kappa shape index (κ3) is 21.5. The molecule has 2 aromatic rings. The molecule has 0 aliphatic carbocycles. The van der Waals surface area contributed by atoms with Gasteiger partial charge >= 0.3 is 35.3 Å². The molecule has 4 heterocycles. The highest BCUT2D eigenvalue weighted by Gasteiger charge is 2.54. The first-order chi connectivity index (χ1) is 36.3. The minimum absolute atomic E-state index is 0.0489. The number of nitrogens with zero attached hydrogens (tertiary/aromatic N) is 2. The minimum Gasteiger partial charge on any atom is -0.463 e. The zero-order chi connectivity index (χ0) is 58.8. The van der Waals surface area contributed by atoms with Crippen molar-refractivity contribution in [2.24, 2.45) is 0 Å². The Morgan fingerprint density at radius 2 is 0.872 bits per heavy atom. The van der Waals surface area contributed by atoms with Gasteiger partial charge < -0.3 is 70.8 Å². The van der Waals surface area contributed by atoms with E-state index < -0.39 is 132 Å². The second-order valence-electron chi connectivity index (χ2n) is 20.8. The topological polar surface area (TPSA) is 327 Å². The maximum Gasteiger partial charge on any atom is 0.330 e. The van der Waals surface area contributed by atoms with Gasteiger partial charge in [0.15, 0.2) is 29.1 Å². The van der Waals surface area contributed by atoms with Crippen molar-refractivity contribution in [3.63, 3.8) is 0 Å². The molecule has 0 bridgehead atoms. The molecule has 444 valence electrons. The molecule has 0 amide bonds. The van der Waals surface area contributed by atoms with E-state index in [4.69, 9.17) is 65.7 Å². The number of carbonyl (C=O) groups is 4. The van der Waals surface area contributed by atoms with Crippen LogP contribution in [-0.4, -0.2) is 178 Å². The lowest BCUT2D eigenvalue weighted by Crippen LogP contribution is -2.51. The molecule has 2 fully saturated rings. The summed E-state index contributed by atoms with van der Waals surface area (Å²) in [6, 6.07) is 2.37. The van der Waals surface area contributed by atoms with Crippen molar-refractivity contribution in [2.75, 3.05) is 63.9 Å². The molecule has 78 heavy (non-hydrogen) atoms. The molecule has 3 N–H and O–H groups in total. The number of esters is 4. The normalized spacial score (nSPS) is 21.8. The van der Waals surface area contributed by atoms with Crippen molar-refractivity contribution in [3.8, 4) is 0 Å². The van der Waals surface area contributed by atoms with E-state index >= 15 is 0 Å². The lowest BCUT2D eigenvalue weighted by atomic mass is 10.1. The Labute approximate surface area is 467 Å². The number of hydrogen-bond donors (Lipinski definition) is 3. The molecular formula is C48H79IN4O23Si2. The Morgan fingerprint density at radius 1 is 0.564 bits per heavy atom. The van der Waals surface area contributed by atoms with Crippen LogP contribution < -0.4 is 22.5 Å². The van der Waals surface area contributed by atoms with Gasteiger partial charge in [-0.15, -0.1) is 0 Å². The smallest absolute Gasteiger partial charge is 0.330 e. The zero-order valence-corrected chi connectivity index (χ0v) is 51.0. The number of H-pyrrole nitrogens is 2. The summed E-state index contributed by atoms with van der Waals surface area (Å²) in [6.45, 7) is 22.0. The lowest BCUT2D eigenvalue weighted by molar-refractivity contribution is -0.320. The molecule has 2 aliphatic heterocycles. The number of aliphatic hydroxyl groups excluding tert-OH is 1. The summed E-state index contributed by atoms with van der Waals surface area (Å²) in [7, 11) is -4.84. The van der Waals surface area contributed by atoms with Gasteiger partial charge in [-0.2, -0.15) is 0 Å². The van der Waals surface area contributed by atoms with Crippen LogP contribution >= 0.6 is 22.6 Å². The molecule has 4 rings (SSSR count). The van der Waals surface area contributed by atoms with Gasteiger partial charge in [0.25, 0.3) is 24.1 Å². The van der Waals surface area contributed by atoms with Crippen molar-refractivity contribution in [3.05, 3.63) is 66.2 Å². The van der Waals surface area contributed by atoms with Crippen LogP contribution in [0.2, 0.25) is 36.3 Å². The summed E-state index contributed by atoms with van der Waals surface area (Å²) in [5.41, 5.74) is -2.58. The predicted octanol–water partition coefficient (Wildman–Crippen LogP) is 2.73. The highest BCUT2D eigenvalue weighted by Crippen LogP contribution is 2.44. The van der Waals surface area contributed by atoms with Crippen LogP contribution in [0.15, 0.2) is 43.7 Å². The molecule has 2 unspecified atom stereocenters. The second kappa shape index (κ2) is 31.2. The van der Waals surface area contributed by atoms with Crippen molar-refractivity contribution in [1.82, 2.24) is 19.1 Å². The summed E-state index contributed by atoms with van der Waals surface area (Å²) in [5.74, 6) is -1.94. The Morgan fingerprint density at radius 3 is 1.14 bits per heavy atom. The highest BCUT2D eigenvalue weighted by molar-refractivity contribution is 14.1. The Kier molecular flexibility index (Phi) is 27.3. The fraction of sp³-hybridized carbons (Fsp3) is 0.750. The molecule has 8 atom stereocenters. The van der Waals surface area contributed by atoms with Crippen molar-refractivity contribution < 1.29 is 90.0 Å². The number of aromatic amines is 2. The van der Waals surface area contributed by atoms with Gasteiger partial charge in [0.05, 0.1) is 39.1 Å². The van der Waals surface area contributed by atoms with Crippen molar-refractivity contribution in [1.29, 1.82) is 0 Å². The standard InChI is InChI=1S/C24H39IN2O11Si.C24H40N2O12Si/c1-15(28)32-10-12-34-23(35-13-11-33-16(2)29)37-20-19(38-39(6,7)24(3,4)5)17(14-25)36-21(20)27-9-8-18(30)26-22(27)31;1-15(28)32-10-12-34-23(35-13-11-33-16(2)29)37-20-19(38-39(6,7)24(3,4)5)17(14-27)36-21(20)26-9-8-18(30)25-22(26)31/h8-9,17,19-21,23H,10-14H2,1-7H3,(H,26,30,31);8-9,17,19-21,23,27H,10-14H2,1-7H3,(H,25,30,31)/t2*17-,19+,20?,21-/m11/s1. The van der Waals surface area contributed by atoms with Crippen LogP contribution in [-0.2, 0) is 84.9 Å². The quantitative estimate of drug-likeness (QED) is 0.0210. The van der Waals surface area contributed by atoms with Gasteiger partial charge in [-0.3, -0.25) is 47.9 Å². The van der Waals surface area contributed by atoms with Crippen LogP contribution in [0.4, 0.5) is 0 Å². The van der Waals surface area contributed by atoms with Crippen LogP contribution in [0.3, 0.4) is 0 Å². The summed E-state index contributed by atoms with van der Waals surface area (Å²) in [5, 5.41) is 9.81. The third-order valence-electron chi connectivity index (χ3n) is 12.7. The number of aromatic nitrogens is 4. The number of rotatable bonds is 28. The minimum atomic E-state index is -2.47. The van der Waals surface area contributed by atoms with E-state index in [9.17, 15) is 43.5 Å². The van der Waals surface area contributed by atoms with Gasteiger partial charge in [-0.25, -0.2) is 9.59 Å². The SMILES string of the molecule is CC(=O)OCCOC(OCCOC(C)=O)OC1[C@@H](O[Si](C)(C)C(C)(C)C)[C@@H](CI)O[C@H]1n1ccc(=O)[nH]c1=O.CC(=O)OCCOC(OCCOC(C)=O)OC1[C@@H](O[Si](C)(C)C(C)(C)C)[C@@H](CO)O[C@H]1n1ccc(=O)[nH]c1=O. The van der Waals surface area contributed by atoms with Crippen molar-refractivity contribution >= 4 is 63.1 Å². The fourth-order valence-corrected chi connectivity index (χ4v) is 10.2. The van der Waals surface area contributed by atoms with Gasteiger partial charge in [0, 0.05) is 56.6 Å². The average molecular weight is 1260 g/mol. The van der Waals surface area contributed by atoms with Gasteiger partial charge in [0.2, 0.25) is 0 Å².